The van der Waals surface area contributed by atoms with Gasteiger partial charge in [-0.1, -0.05) is 0 Å². The lowest BCUT2D eigenvalue weighted by atomic mass is 10.1. The molecule has 0 heterocycles. The van der Waals surface area contributed by atoms with Gasteiger partial charge in [0.2, 0.25) is 0 Å². The fraction of sp³-hybridized carbons (Fsp3) is 0.800. The molecular weight excluding hydrogens is 156 g/mol. The molecule has 0 unspecified atom stereocenters. The van der Waals surface area contributed by atoms with Crippen LogP contribution >= 0.6 is 0 Å². The van der Waals surface area contributed by atoms with Gasteiger partial charge in [-0.2, -0.15) is 0 Å². The van der Waals surface area contributed by atoms with Gasteiger partial charge in [0.15, 0.2) is 5.78 Å². The minimum atomic E-state index is -1.70. The molecule has 0 fully saturated rings. The van der Waals surface area contributed by atoms with Crippen LogP contribution in [-0.4, -0.2) is 51.8 Å². The van der Waals surface area contributed by atoms with Crippen LogP contribution in [0.25, 0.3) is 0 Å². The van der Waals surface area contributed by atoms with Crippen LogP contribution in [0.5, 0.6) is 0 Å². The van der Waals surface area contributed by atoms with E-state index in [0.717, 1.165) is 0 Å². The van der Waals surface area contributed by atoms with E-state index in [9.17, 15) is 4.79 Å². The second-order valence-electron chi connectivity index (χ2n) is 1.90. The lowest BCUT2D eigenvalue weighted by Gasteiger charge is -2.14. The van der Waals surface area contributed by atoms with E-state index in [2.05, 4.69) is 4.89 Å². The highest BCUT2D eigenvalue weighted by Gasteiger charge is 2.25. The van der Waals surface area contributed by atoms with Gasteiger partial charge in [0, 0.05) is 0 Å². The van der Waals surface area contributed by atoms with Gasteiger partial charge >= 0.3 is 0 Å². The second-order valence-corrected chi connectivity index (χ2v) is 1.90. The number of carbonyl (C=O) groups excluding carboxylic acids is 1. The molecule has 0 aromatic heterocycles. The number of hydrogen-bond acceptors (Lipinski definition) is 6. The Kier molecular flexibility index (Phi) is 4.92. The van der Waals surface area contributed by atoms with Crippen LogP contribution < -0.4 is 0 Å². The third-order valence-electron chi connectivity index (χ3n) is 1.15. The van der Waals surface area contributed by atoms with E-state index in [1.54, 1.807) is 0 Å². The molecule has 6 heteroatoms. The van der Waals surface area contributed by atoms with Crippen molar-refractivity contribution in [1.29, 1.82) is 0 Å². The average molecular weight is 166 g/mol. The molecule has 0 rings (SSSR count). The Morgan fingerprint density at radius 1 is 1.45 bits per heavy atom. The van der Waals surface area contributed by atoms with Crippen LogP contribution in [-0.2, 0) is 9.68 Å². The van der Waals surface area contributed by atoms with Gasteiger partial charge in [-0.15, -0.1) is 0 Å². The number of ketones is 1. The zero-order valence-electron chi connectivity index (χ0n) is 5.67. The molecule has 0 aromatic carbocycles. The van der Waals surface area contributed by atoms with Crippen molar-refractivity contribution in [2.75, 3.05) is 13.2 Å². The van der Waals surface area contributed by atoms with Crippen molar-refractivity contribution in [2.45, 2.75) is 12.2 Å². The molecule has 4 N–H and O–H groups in total. The average Bonchev–Trinajstić information content (AvgIpc) is 2.05. The van der Waals surface area contributed by atoms with Gasteiger partial charge in [0.05, 0.1) is 6.61 Å². The molecule has 0 amide bonds. The van der Waals surface area contributed by atoms with Crippen molar-refractivity contribution in [1.82, 2.24) is 0 Å². The Labute approximate surface area is 62.6 Å². The molecule has 11 heavy (non-hydrogen) atoms. The van der Waals surface area contributed by atoms with E-state index in [-0.39, 0.29) is 0 Å². The largest absolute Gasteiger partial charge is 0.393 e. The molecule has 0 saturated carbocycles. The van der Waals surface area contributed by atoms with Crippen molar-refractivity contribution in [3.8, 4) is 0 Å². The maximum Gasteiger partial charge on any atom is 0.189 e. The summed E-state index contributed by atoms with van der Waals surface area (Å²) >= 11 is 0. The third kappa shape index (κ3) is 2.91. The summed E-state index contributed by atoms with van der Waals surface area (Å²) in [5, 5.41) is 33.4. The van der Waals surface area contributed by atoms with Crippen molar-refractivity contribution >= 4 is 5.78 Å². The maximum absolute atomic E-state index is 10.5. The normalized spacial score (nSPS) is 16.0. The van der Waals surface area contributed by atoms with E-state index in [4.69, 9.17) is 20.6 Å². The molecule has 0 aliphatic carbocycles. The molecule has 0 spiro atoms. The molecule has 0 aliphatic heterocycles. The summed E-state index contributed by atoms with van der Waals surface area (Å²) in [5.74, 6) is -0.918. The third-order valence-corrected chi connectivity index (χ3v) is 1.15. The van der Waals surface area contributed by atoms with E-state index in [1.165, 1.54) is 0 Å². The van der Waals surface area contributed by atoms with Crippen molar-refractivity contribution in [2.24, 2.45) is 0 Å². The van der Waals surface area contributed by atoms with E-state index in [0.29, 0.717) is 0 Å². The molecular formula is C5H10O6. The summed E-state index contributed by atoms with van der Waals surface area (Å²) in [7, 11) is 0. The van der Waals surface area contributed by atoms with Gasteiger partial charge in [-0.05, 0) is 0 Å². The van der Waals surface area contributed by atoms with Crippen LogP contribution in [0.2, 0.25) is 0 Å². The molecule has 0 bridgehead atoms. The predicted octanol–water partition coefficient (Wildman–Crippen LogP) is -2.24. The first kappa shape index (κ1) is 10.5. The SMILES string of the molecule is O=C(CO)[C@H](O)[C@H](CO)OO. The minimum Gasteiger partial charge on any atom is -0.393 e. The standard InChI is InChI=1S/C5H10O6/c6-1-3(8)5(9)4(2-7)11-10/h4-7,9-10H,1-2H2/t4-,5-/m0/s1. The van der Waals surface area contributed by atoms with Crippen LogP contribution in [0.1, 0.15) is 0 Å². The van der Waals surface area contributed by atoms with Crippen LogP contribution in [0, 0.1) is 0 Å². The zero-order valence-corrected chi connectivity index (χ0v) is 5.67. The summed E-state index contributed by atoms with van der Waals surface area (Å²) in [6.07, 6.45) is -3.09. The van der Waals surface area contributed by atoms with Crippen LogP contribution in [0.4, 0.5) is 0 Å². The highest BCUT2D eigenvalue weighted by molar-refractivity contribution is 5.84. The number of aliphatic hydroxyl groups is 3. The quantitative estimate of drug-likeness (QED) is 0.272. The highest BCUT2D eigenvalue weighted by Crippen LogP contribution is 1.97. The molecule has 0 saturated heterocycles. The van der Waals surface area contributed by atoms with Gasteiger partial charge in [-0.3, -0.25) is 10.1 Å². The first-order chi connectivity index (χ1) is 5.17. The Hall–Kier alpha value is -0.530. The molecule has 66 valence electrons. The monoisotopic (exact) mass is 166 g/mol. The minimum absolute atomic E-state index is 0.705. The lowest BCUT2D eigenvalue weighted by molar-refractivity contribution is -0.299. The van der Waals surface area contributed by atoms with Gasteiger partial charge in [0.25, 0.3) is 0 Å². The summed E-state index contributed by atoms with van der Waals surface area (Å²) in [6.45, 7) is -1.57. The maximum atomic E-state index is 10.5. The first-order valence-corrected chi connectivity index (χ1v) is 2.90. The van der Waals surface area contributed by atoms with Crippen molar-refractivity contribution in [3.63, 3.8) is 0 Å². The van der Waals surface area contributed by atoms with Gasteiger partial charge in [0.1, 0.15) is 18.8 Å². The Balaban J connectivity index is 3.97. The second kappa shape index (κ2) is 5.16. The summed E-state index contributed by atoms with van der Waals surface area (Å²) < 4.78 is 0. The fourth-order valence-electron chi connectivity index (χ4n) is 0.492. The van der Waals surface area contributed by atoms with E-state index < -0.39 is 31.2 Å². The summed E-state index contributed by atoms with van der Waals surface area (Å²) in [4.78, 5) is 14.0. The number of hydrogen-bond donors (Lipinski definition) is 4. The van der Waals surface area contributed by atoms with Crippen LogP contribution in [0.15, 0.2) is 0 Å². The number of rotatable bonds is 5. The smallest absolute Gasteiger partial charge is 0.189 e. The van der Waals surface area contributed by atoms with Crippen molar-refractivity contribution in [3.05, 3.63) is 0 Å². The predicted molar refractivity (Wildman–Crippen MR) is 32.7 cm³/mol. The van der Waals surface area contributed by atoms with Gasteiger partial charge in [-0.25, -0.2) is 4.89 Å². The number of aliphatic hydroxyl groups excluding tert-OH is 3. The number of Topliss-reactive ketones (excluding diaryl/α,β-unsaturated/α-hetero) is 1. The molecule has 0 aliphatic rings. The highest BCUT2D eigenvalue weighted by atomic mass is 17.1. The fourth-order valence-corrected chi connectivity index (χ4v) is 0.492. The Morgan fingerprint density at radius 3 is 2.27 bits per heavy atom. The molecule has 6 nitrogen and oxygen atoms in total. The first-order valence-electron chi connectivity index (χ1n) is 2.90. The molecule has 0 radical (unpaired) electrons. The lowest BCUT2D eigenvalue weighted by Crippen LogP contribution is -2.39. The van der Waals surface area contributed by atoms with Gasteiger partial charge < -0.3 is 15.3 Å². The molecule has 0 aromatic rings. The molecule has 2 atom stereocenters. The van der Waals surface area contributed by atoms with Crippen molar-refractivity contribution < 1.29 is 30.3 Å². The number of carbonyl (C=O) groups is 1. The summed E-state index contributed by atoms with van der Waals surface area (Å²) in [5.41, 5.74) is 0. The Morgan fingerprint density at radius 2 is 2.00 bits per heavy atom. The Bertz CT molecular complexity index is 120. The zero-order chi connectivity index (χ0) is 8.85. The summed E-state index contributed by atoms with van der Waals surface area (Å²) in [6, 6.07) is 0. The van der Waals surface area contributed by atoms with E-state index in [1.807, 2.05) is 0 Å². The van der Waals surface area contributed by atoms with E-state index >= 15 is 0 Å². The van der Waals surface area contributed by atoms with Crippen LogP contribution in [0.3, 0.4) is 0 Å². The topological polar surface area (TPSA) is 107 Å².